The van der Waals surface area contributed by atoms with Crippen LogP contribution in [0.3, 0.4) is 0 Å². The van der Waals surface area contributed by atoms with E-state index in [1.807, 2.05) is 30.5 Å². The van der Waals surface area contributed by atoms with Crippen molar-refractivity contribution < 1.29 is 4.79 Å². The van der Waals surface area contributed by atoms with Crippen molar-refractivity contribution >= 4 is 58.0 Å². The van der Waals surface area contributed by atoms with E-state index in [9.17, 15) is 4.79 Å². The summed E-state index contributed by atoms with van der Waals surface area (Å²) >= 11 is 5.02. The first-order valence-electron chi connectivity index (χ1n) is 7.08. The minimum Gasteiger partial charge on any atom is -0.337 e. The van der Waals surface area contributed by atoms with Crippen LogP contribution in [0.2, 0.25) is 0 Å². The molecule has 1 amide bonds. The Labute approximate surface area is 167 Å². The molecular weight excluding hydrogens is 433 g/mol. The minimum absolute atomic E-state index is 0. The molecule has 0 aliphatic heterocycles. The van der Waals surface area contributed by atoms with E-state index in [0.29, 0.717) is 6.54 Å². The third-order valence-corrected chi connectivity index (χ3v) is 5.21. The molecule has 8 heteroatoms. The maximum atomic E-state index is 12.7. The number of nitrogens with two attached hydrogens (primary N) is 1. The summed E-state index contributed by atoms with van der Waals surface area (Å²) in [6.07, 6.45) is 2.83. The van der Waals surface area contributed by atoms with Gasteiger partial charge in [-0.1, -0.05) is 35.0 Å². The van der Waals surface area contributed by atoms with Crippen LogP contribution in [-0.2, 0) is 23.3 Å². The van der Waals surface area contributed by atoms with Gasteiger partial charge in [-0.3, -0.25) is 4.79 Å². The van der Waals surface area contributed by atoms with Gasteiger partial charge in [-0.05, 0) is 31.0 Å². The van der Waals surface area contributed by atoms with E-state index >= 15 is 0 Å². The number of amides is 1. The first kappa shape index (κ1) is 23.3. The lowest BCUT2D eigenvalue weighted by Crippen LogP contribution is -2.49. The van der Waals surface area contributed by atoms with Gasteiger partial charge in [0.15, 0.2) is 0 Å². The van der Waals surface area contributed by atoms with Crippen LogP contribution in [0.5, 0.6) is 0 Å². The number of hydrogen-bond donors (Lipinski definition) is 1. The van der Waals surface area contributed by atoms with Crippen molar-refractivity contribution in [2.75, 3.05) is 7.05 Å². The Balaban J connectivity index is 0.00000264. The maximum Gasteiger partial charge on any atom is 0.247 e. The normalized spacial score (nSPS) is 12.5. The Morgan fingerprint density at radius 3 is 2.42 bits per heavy atom. The van der Waals surface area contributed by atoms with Crippen LogP contribution < -0.4 is 5.73 Å². The van der Waals surface area contributed by atoms with Crippen molar-refractivity contribution in [2.24, 2.45) is 5.73 Å². The van der Waals surface area contributed by atoms with E-state index in [-0.39, 0.29) is 30.7 Å². The Kier molecular flexibility index (Phi) is 9.46. The molecule has 0 fully saturated rings. The molecule has 2 rings (SSSR count). The van der Waals surface area contributed by atoms with Gasteiger partial charge in [0, 0.05) is 22.6 Å². The molecule has 0 aliphatic rings. The number of carbonyl (C=O) groups is 1. The Morgan fingerprint density at radius 2 is 1.92 bits per heavy atom. The Bertz CT molecular complexity index is 662. The summed E-state index contributed by atoms with van der Waals surface area (Å²) in [5, 5.41) is 0.930. The highest BCUT2D eigenvalue weighted by Crippen LogP contribution is 2.23. The summed E-state index contributed by atoms with van der Waals surface area (Å²) in [4.78, 5) is 19.9. The summed E-state index contributed by atoms with van der Waals surface area (Å²) in [7, 11) is 1.76. The van der Waals surface area contributed by atoms with Crippen molar-refractivity contribution in [2.45, 2.75) is 32.4 Å². The molecular formula is C16H22BrCl2N3OS. The van der Waals surface area contributed by atoms with Crippen LogP contribution in [-0.4, -0.2) is 22.8 Å². The second kappa shape index (κ2) is 9.73. The Hall–Kier alpha value is -0.660. The zero-order valence-corrected chi connectivity index (χ0v) is 17.8. The number of carbonyl (C=O) groups excluding carboxylic acids is 1. The molecule has 0 spiro atoms. The smallest absolute Gasteiger partial charge is 0.247 e. The fourth-order valence-corrected chi connectivity index (χ4v) is 3.36. The number of nitrogens with zero attached hydrogens (tertiary/aromatic N) is 2. The molecule has 4 nitrogen and oxygen atoms in total. The zero-order chi connectivity index (χ0) is 16.3. The number of hydrogen-bond acceptors (Lipinski definition) is 4. The molecule has 0 saturated carbocycles. The van der Waals surface area contributed by atoms with Gasteiger partial charge in [-0.2, -0.15) is 0 Å². The SMILES string of the molecule is CCc1cnc(CN(C)C(=O)C(C)(N)c2ccc(Br)cc2)s1.Cl.Cl. The maximum absolute atomic E-state index is 12.7. The van der Waals surface area contributed by atoms with E-state index in [1.54, 1.807) is 30.2 Å². The summed E-state index contributed by atoms with van der Waals surface area (Å²) in [5.74, 6) is -0.122. The van der Waals surface area contributed by atoms with Crippen LogP contribution in [0.25, 0.3) is 0 Å². The summed E-state index contributed by atoms with van der Waals surface area (Å²) in [5.41, 5.74) is 6.03. The molecule has 1 aromatic heterocycles. The molecule has 0 saturated heterocycles. The van der Waals surface area contributed by atoms with E-state index in [1.165, 1.54) is 4.88 Å². The summed E-state index contributed by atoms with van der Waals surface area (Å²) in [6.45, 7) is 4.32. The van der Waals surface area contributed by atoms with Crippen LogP contribution in [0.15, 0.2) is 34.9 Å². The third kappa shape index (κ3) is 5.43. The van der Waals surface area contributed by atoms with E-state index in [4.69, 9.17) is 5.73 Å². The van der Waals surface area contributed by atoms with Gasteiger partial charge in [-0.25, -0.2) is 4.98 Å². The Morgan fingerprint density at radius 1 is 1.33 bits per heavy atom. The minimum atomic E-state index is -1.06. The van der Waals surface area contributed by atoms with Gasteiger partial charge >= 0.3 is 0 Å². The molecule has 1 aromatic carbocycles. The number of halogens is 3. The second-order valence-electron chi connectivity index (χ2n) is 5.44. The number of aryl methyl sites for hydroxylation is 1. The summed E-state index contributed by atoms with van der Waals surface area (Å²) < 4.78 is 0.961. The van der Waals surface area contributed by atoms with Crippen molar-refractivity contribution in [3.8, 4) is 0 Å². The van der Waals surface area contributed by atoms with Gasteiger partial charge in [-0.15, -0.1) is 36.2 Å². The quantitative estimate of drug-likeness (QED) is 0.738. The number of benzene rings is 1. The van der Waals surface area contributed by atoms with Crippen LogP contribution in [0.1, 0.15) is 29.3 Å². The van der Waals surface area contributed by atoms with Crippen molar-refractivity contribution in [3.05, 3.63) is 50.4 Å². The van der Waals surface area contributed by atoms with Crippen LogP contribution in [0, 0.1) is 0 Å². The predicted molar refractivity (Wildman–Crippen MR) is 108 cm³/mol. The van der Waals surface area contributed by atoms with Gasteiger partial charge in [0.05, 0.1) is 6.54 Å². The first-order chi connectivity index (χ1) is 10.3. The number of aromatic nitrogens is 1. The number of thiazole rings is 1. The average Bonchev–Trinajstić information content (AvgIpc) is 2.94. The molecule has 2 aromatic rings. The predicted octanol–water partition coefficient (Wildman–Crippen LogP) is 4.14. The van der Waals surface area contributed by atoms with Crippen molar-refractivity contribution in [1.29, 1.82) is 0 Å². The van der Waals surface area contributed by atoms with Gasteiger partial charge in [0.2, 0.25) is 5.91 Å². The van der Waals surface area contributed by atoms with Crippen molar-refractivity contribution in [3.63, 3.8) is 0 Å². The number of likely N-dealkylation sites (N-methyl/N-ethyl adjacent to an activating group) is 1. The molecule has 1 atom stereocenters. The van der Waals surface area contributed by atoms with Gasteiger partial charge in [0.1, 0.15) is 10.5 Å². The fourth-order valence-electron chi connectivity index (χ4n) is 2.18. The highest BCUT2D eigenvalue weighted by atomic mass is 79.9. The molecule has 24 heavy (non-hydrogen) atoms. The zero-order valence-electron chi connectivity index (χ0n) is 13.8. The van der Waals surface area contributed by atoms with Crippen LogP contribution >= 0.6 is 52.1 Å². The van der Waals surface area contributed by atoms with E-state index in [0.717, 1.165) is 21.5 Å². The first-order valence-corrected chi connectivity index (χ1v) is 8.69. The molecule has 1 heterocycles. The second-order valence-corrected chi connectivity index (χ2v) is 7.56. The molecule has 2 N–H and O–H groups in total. The standard InChI is InChI=1S/C16H20BrN3OS.2ClH/c1-4-13-9-19-14(22-13)10-20(3)15(21)16(2,18)11-5-7-12(17)8-6-11;;/h5-9H,4,10,18H2,1-3H3;2*1H. The highest BCUT2D eigenvalue weighted by Gasteiger charge is 2.33. The number of rotatable bonds is 5. The molecule has 0 aliphatic carbocycles. The lowest BCUT2D eigenvalue weighted by molar-refractivity contribution is -0.136. The van der Waals surface area contributed by atoms with E-state index in [2.05, 4.69) is 27.8 Å². The third-order valence-electron chi connectivity index (χ3n) is 3.56. The summed E-state index contributed by atoms with van der Waals surface area (Å²) in [6, 6.07) is 7.52. The lowest BCUT2D eigenvalue weighted by Gasteiger charge is -2.29. The largest absolute Gasteiger partial charge is 0.337 e. The highest BCUT2D eigenvalue weighted by molar-refractivity contribution is 9.10. The fraction of sp³-hybridized carbons (Fsp3) is 0.375. The topological polar surface area (TPSA) is 59.2 Å². The molecule has 134 valence electrons. The monoisotopic (exact) mass is 453 g/mol. The van der Waals surface area contributed by atoms with Gasteiger partial charge < -0.3 is 10.6 Å². The lowest BCUT2D eigenvalue weighted by atomic mass is 9.92. The van der Waals surface area contributed by atoms with Gasteiger partial charge in [0.25, 0.3) is 0 Å². The van der Waals surface area contributed by atoms with Crippen molar-refractivity contribution in [1.82, 2.24) is 9.88 Å². The van der Waals surface area contributed by atoms with Crippen LogP contribution in [0.4, 0.5) is 0 Å². The molecule has 0 radical (unpaired) electrons. The van der Waals surface area contributed by atoms with E-state index < -0.39 is 5.54 Å². The average molecular weight is 455 g/mol. The molecule has 1 unspecified atom stereocenters. The molecule has 0 bridgehead atoms.